The van der Waals surface area contributed by atoms with Crippen molar-refractivity contribution in [3.63, 3.8) is 0 Å². The average molecular weight is 203 g/mol. The molecule has 0 aliphatic rings. The molecule has 1 aromatic carbocycles. The van der Waals surface area contributed by atoms with Crippen LogP contribution in [-0.2, 0) is 0 Å². The van der Waals surface area contributed by atoms with Crippen LogP contribution in [0.3, 0.4) is 0 Å². The Bertz CT molecular complexity index is 252. The molecule has 0 saturated heterocycles. The van der Waals surface area contributed by atoms with E-state index in [0.717, 1.165) is 5.56 Å². The summed E-state index contributed by atoms with van der Waals surface area (Å²) in [4.78, 5) is 0. The topological polar surface area (TPSA) is 20.2 Å². The van der Waals surface area contributed by atoms with Crippen molar-refractivity contribution < 1.29 is 5.11 Å². The van der Waals surface area contributed by atoms with Crippen LogP contribution in [0, 0.1) is 0 Å². The third-order valence-electron chi connectivity index (χ3n) is 1.59. The van der Waals surface area contributed by atoms with E-state index in [1.54, 1.807) is 17.8 Å². The van der Waals surface area contributed by atoms with Gasteiger partial charge in [0.1, 0.15) is 0 Å². The maximum atomic E-state index is 9.60. The highest BCUT2D eigenvalue weighted by atomic mass is 35.5. The number of hydrogen-bond acceptors (Lipinski definition) is 2. The van der Waals surface area contributed by atoms with Gasteiger partial charge in [0.2, 0.25) is 0 Å². The molecule has 66 valence electrons. The molecule has 12 heavy (non-hydrogen) atoms. The van der Waals surface area contributed by atoms with Crippen LogP contribution in [0.15, 0.2) is 24.3 Å². The van der Waals surface area contributed by atoms with Gasteiger partial charge >= 0.3 is 0 Å². The molecule has 0 aromatic heterocycles. The normalized spacial score (nSPS) is 12.9. The minimum Gasteiger partial charge on any atom is -0.387 e. The zero-order chi connectivity index (χ0) is 8.97. The lowest BCUT2D eigenvalue weighted by molar-refractivity contribution is 0.204. The van der Waals surface area contributed by atoms with E-state index in [4.69, 9.17) is 11.6 Å². The van der Waals surface area contributed by atoms with E-state index in [1.807, 2.05) is 24.5 Å². The molecule has 1 nitrogen and oxygen atoms in total. The molecule has 0 fully saturated rings. The lowest BCUT2D eigenvalue weighted by Gasteiger charge is -2.10. The molecule has 0 radical (unpaired) electrons. The average Bonchev–Trinajstić information content (AvgIpc) is 2.05. The van der Waals surface area contributed by atoms with E-state index in [1.165, 1.54) is 0 Å². The van der Waals surface area contributed by atoms with Crippen molar-refractivity contribution in [2.24, 2.45) is 0 Å². The molecule has 0 amide bonds. The van der Waals surface area contributed by atoms with E-state index >= 15 is 0 Å². The fourth-order valence-electron chi connectivity index (χ4n) is 0.993. The molecule has 0 aliphatic heterocycles. The molecule has 0 heterocycles. The lowest BCUT2D eigenvalue weighted by atomic mass is 10.1. The maximum absolute atomic E-state index is 9.60. The van der Waals surface area contributed by atoms with Crippen LogP contribution < -0.4 is 0 Å². The molecule has 1 unspecified atom stereocenters. The SMILES string of the molecule is CSCC(O)c1ccccc1Cl. The van der Waals surface area contributed by atoms with Crippen LogP contribution in [0.2, 0.25) is 5.02 Å². The molecular formula is C9H11ClOS. The zero-order valence-corrected chi connectivity index (χ0v) is 8.40. The summed E-state index contributed by atoms with van der Waals surface area (Å²) in [6, 6.07) is 7.38. The predicted octanol–water partition coefficient (Wildman–Crippen LogP) is 2.74. The Hall–Kier alpha value is -0.180. The first kappa shape index (κ1) is 9.90. The lowest BCUT2D eigenvalue weighted by Crippen LogP contribution is -2.00. The van der Waals surface area contributed by atoms with Crippen LogP contribution >= 0.6 is 23.4 Å². The Kier molecular flexibility index (Phi) is 3.92. The van der Waals surface area contributed by atoms with Gasteiger partial charge in [-0.05, 0) is 17.9 Å². The molecule has 1 aromatic rings. The van der Waals surface area contributed by atoms with Crippen molar-refractivity contribution in [2.45, 2.75) is 6.10 Å². The van der Waals surface area contributed by atoms with Gasteiger partial charge in [0.05, 0.1) is 6.10 Å². The summed E-state index contributed by atoms with van der Waals surface area (Å²) < 4.78 is 0. The largest absolute Gasteiger partial charge is 0.387 e. The van der Waals surface area contributed by atoms with Gasteiger partial charge in [0.25, 0.3) is 0 Å². The van der Waals surface area contributed by atoms with Crippen molar-refractivity contribution in [1.82, 2.24) is 0 Å². The van der Waals surface area contributed by atoms with Gasteiger partial charge in [-0.3, -0.25) is 0 Å². The van der Waals surface area contributed by atoms with E-state index in [-0.39, 0.29) is 0 Å². The van der Waals surface area contributed by atoms with Gasteiger partial charge in [-0.2, -0.15) is 11.8 Å². The molecule has 1 atom stereocenters. The number of aliphatic hydroxyl groups excluding tert-OH is 1. The Labute approximate surface area is 81.7 Å². The van der Waals surface area contributed by atoms with E-state index in [0.29, 0.717) is 10.8 Å². The van der Waals surface area contributed by atoms with Crippen molar-refractivity contribution in [3.8, 4) is 0 Å². The van der Waals surface area contributed by atoms with Crippen molar-refractivity contribution in [3.05, 3.63) is 34.9 Å². The van der Waals surface area contributed by atoms with E-state index in [9.17, 15) is 5.11 Å². The van der Waals surface area contributed by atoms with Gasteiger partial charge < -0.3 is 5.11 Å². The second-order valence-electron chi connectivity index (χ2n) is 2.49. The number of aliphatic hydroxyl groups is 1. The van der Waals surface area contributed by atoms with Crippen LogP contribution in [0.25, 0.3) is 0 Å². The second-order valence-corrected chi connectivity index (χ2v) is 3.81. The summed E-state index contributed by atoms with van der Waals surface area (Å²) in [5.41, 5.74) is 0.813. The van der Waals surface area contributed by atoms with Gasteiger partial charge in [0, 0.05) is 10.8 Å². The van der Waals surface area contributed by atoms with Crippen molar-refractivity contribution in [1.29, 1.82) is 0 Å². The summed E-state index contributed by atoms with van der Waals surface area (Å²) >= 11 is 7.49. The number of halogens is 1. The third-order valence-corrected chi connectivity index (χ3v) is 2.58. The highest BCUT2D eigenvalue weighted by Gasteiger charge is 2.08. The molecule has 1 N–H and O–H groups in total. The van der Waals surface area contributed by atoms with E-state index < -0.39 is 6.10 Å². The van der Waals surface area contributed by atoms with Crippen molar-refractivity contribution >= 4 is 23.4 Å². The predicted molar refractivity (Wildman–Crippen MR) is 54.8 cm³/mol. The number of rotatable bonds is 3. The molecule has 0 saturated carbocycles. The van der Waals surface area contributed by atoms with Crippen LogP contribution in [-0.4, -0.2) is 17.1 Å². The highest BCUT2D eigenvalue weighted by Crippen LogP contribution is 2.24. The maximum Gasteiger partial charge on any atom is 0.0894 e. The fraction of sp³-hybridized carbons (Fsp3) is 0.333. The molecular weight excluding hydrogens is 192 g/mol. The van der Waals surface area contributed by atoms with Crippen LogP contribution in [0.1, 0.15) is 11.7 Å². The van der Waals surface area contributed by atoms with Crippen LogP contribution in [0.4, 0.5) is 0 Å². The van der Waals surface area contributed by atoms with E-state index in [2.05, 4.69) is 0 Å². The first-order valence-corrected chi connectivity index (χ1v) is 5.44. The zero-order valence-electron chi connectivity index (χ0n) is 6.83. The number of benzene rings is 1. The molecule has 0 bridgehead atoms. The quantitative estimate of drug-likeness (QED) is 0.814. The van der Waals surface area contributed by atoms with Gasteiger partial charge in [-0.25, -0.2) is 0 Å². The summed E-state index contributed by atoms with van der Waals surface area (Å²) in [5, 5.41) is 10.2. The van der Waals surface area contributed by atoms with Gasteiger partial charge in [-0.15, -0.1) is 0 Å². The summed E-state index contributed by atoms with van der Waals surface area (Å²) in [7, 11) is 0. The highest BCUT2D eigenvalue weighted by molar-refractivity contribution is 7.98. The Morgan fingerprint density at radius 3 is 2.75 bits per heavy atom. The van der Waals surface area contributed by atoms with Gasteiger partial charge in [-0.1, -0.05) is 29.8 Å². The molecule has 0 spiro atoms. The monoisotopic (exact) mass is 202 g/mol. The number of thioether (sulfide) groups is 1. The first-order valence-electron chi connectivity index (χ1n) is 3.67. The summed E-state index contributed by atoms with van der Waals surface area (Å²) in [6.45, 7) is 0. The summed E-state index contributed by atoms with van der Waals surface area (Å²) in [6.07, 6.45) is 1.51. The second kappa shape index (κ2) is 4.75. The molecule has 1 rings (SSSR count). The standard InChI is InChI=1S/C9H11ClOS/c1-12-6-9(11)7-4-2-3-5-8(7)10/h2-5,9,11H,6H2,1H3. The Balaban J connectivity index is 2.79. The Morgan fingerprint density at radius 2 is 2.17 bits per heavy atom. The van der Waals surface area contributed by atoms with Gasteiger partial charge in [0.15, 0.2) is 0 Å². The smallest absolute Gasteiger partial charge is 0.0894 e. The fourth-order valence-corrected chi connectivity index (χ4v) is 1.75. The number of hydrogen-bond donors (Lipinski definition) is 1. The summed E-state index contributed by atoms with van der Waals surface area (Å²) in [5.74, 6) is 0.684. The molecule has 0 aliphatic carbocycles. The van der Waals surface area contributed by atoms with Crippen LogP contribution in [0.5, 0.6) is 0 Å². The Morgan fingerprint density at radius 1 is 1.50 bits per heavy atom. The minimum atomic E-state index is -0.450. The minimum absolute atomic E-state index is 0.450. The molecule has 3 heteroatoms. The third kappa shape index (κ3) is 2.41. The van der Waals surface area contributed by atoms with Crippen molar-refractivity contribution in [2.75, 3.05) is 12.0 Å². The first-order chi connectivity index (χ1) is 5.75.